The quantitative estimate of drug-likeness (QED) is 0.657. The molecule has 1 rings (SSSR count). The van der Waals surface area contributed by atoms with Crippen molar-refractivity contribution in [2.45, 2.75) is 20.3 Å². The molecule has 0 aliphatic carbocycles. The van der Waals surface area contributed by atoms with Crippen LogP contribution in [0.5, 0.6) is 0 Å². The highest BCUT2D eigenvalue weighted by Gasteiger charge is 2.11. The maximum Gasteiger partial charge on any atom is 0.266 e. The minimum absolute atomic E-state index is 0.169. The van der Waals surface area contributed by atoms with Crippen LogP contribution in [-0.2, 0) is 4.79 Å². The van der Waals surface area contributed by atoms with Gasteiger partial charge in [0.2, 0.25) is 0 Å². The van der Waals surface area contributed by atoms with E-state index in [9.17, 15) is 4.79 Å². The summed E-state index contributed by atoms with van der Waals surface area (Å²) in [7, 11) is 0. The van der Waals surface area contributed by atoms with E-state index in [0.717, 1.165) is 5.57 Å². The molecule has 0 bridgehead atoms. The lowest BCUT2D eigenvalue weighted by atomic mass is 10.1. The second-order valence-electron chi connectivity index (χ2n) is 3.58. The van der Waals surface area contributed by atoms with Crippen LogP contribution >= 0.6 is 11.6 Å². The van der Waals surface area contributed by atoms with Crippen LogP contribution in [0.2, 0.25) is 5.02 Å². The Balaban J connectivity index is 2.86. The van der Waals surface area contributed by atoms with Crippen LogP contribution in [-0.4, -0.2) is 5.91 Å². The van der Waals surface area contributed by atoms with Gasteiger partial charge in [-0.3, -0.25) is 4.79 Å². The number of nitriles is 1. The van der Waals surface area contributed by atoms with E-state index in [0.29, 0.717) is 17.1 Å². The molecule has 0 aliphatic heterocycles. The first-order chi connectivity index (χ1) is 8.08. The molecular formula is C13H13ClN2O. The van der Waals surface area contributed by atoms with Crippen molar-refractivity contribution in [3.05, 3.63) is 40.4 Å². The highest BCUT2D eigenvalue weighted by molar-refractivity contribution is 6.30. The van der Waals surface area contributed by atoms with Gasteiger partial charge in [-0.15, -0.1) is 0 Å². The van der Waals surface area contributed by atoms with Crippen molar-refractivity contribution < 1.29 is 4.79 Å². The van der Waals surface area contributed by atoms with Crippen LogP contribution in [0, 0.1) is 11.3 Å². The van der Waals surface area contributed by atoms with Gasteiger partial charge in [-0.25, -0.2) is 0 Å². The van der Waals surface area contributed by atoms with Crippen LogP contribution in [0.15, 0.2) is 35.4 Å². The van der Waals surface area contributed by atoms with Crippen molar-refractivity contribution in [1.29, 1.82) is 5.26 Å². The number of carbonyl (C=O) groups excluding carboxylic acids is 1. The maximum atomic E-state index is 11.8. The molecule has 0 saturated heterocycles. The molecule has 0 spiro atoms. The largest absolute Gasteiger partial charge is 0.321 e. The first-order valence-corrected chi connectivity index (χ1v) is 5.63. The lowest BCUT2D eigenvalue weighted by Gasteiger charge is -2.06. The molecule has 0 atom stereocenters. The van der Waals surface area contributed by atoms with Gasteiger partial charge in [-0.05, 0) is 37.6 Å². The first kappa shape index (κ1) is 13.3. The monoisotopic (exact) mass is 248 g/mol. The summed E-state index contributed by atoms with van der Waals surface area (Å²) in [6.45, 7) is 3.68. The summed E-state index contributed by atoms with van der Waals surface area (Å²) < 4.78 is 0. The van der Waals surface area contributed by atoms with Crippen molar-refractivity contribution in [2.75, 3.05) is 5.32 Å². The summed E-state index contributed by atoms with van der Waals surface area (Å²) >= 11 is 5.74. The van der Waals surface area contributed by atoms with Crippen molar-refractivity contribution in [3.8, 4) is 6.07 Å². The molecule has 1 amide bonds. The Morgan fingerprint density at radius 1 is 1.41 bits per heavy atom. The van der Waals surface area contributed by atoms with Gasteiger partial charge in [0.15, 0.2) is 0 Å². The Morgan fingerprint density at radius 3 is 2.47 bits per heavy atom. The number of allylic oxidation sites excluding steroid dienone is 1. The molecule has 1 N–H and O–H groups in total. The molecule has 17 heavy (non-hydrogen) atoms. The SMILES string of the molecule is CC/C(C)=C(\C#N)C(=O)Nc1ccc(Cl)cc1. The number of nitrogens with one attached hydrogen (secondary N) is 1. The highest BCUT2D eigenvalue weighted by atomic mass is 35.5. The number of rotatable bonds is 3. The number of hydrogen-bond acceptors (Lipinski definition) is 2. The molecule has 0 radical (unpaired) electrons. The van der Waals surface area contributed by atoms with Crippen LogP contribution in [0.25, 0.3) is 0 Å². The van der Waals surface area contributed by atoms with E-state index >= 15 is 0 Å². The zero-order valence-electron chi connectivity index (χ0n) is 9.75. The fraction of sp³-hybridized carbons (Fsp3) is 0.231. The topological polar surface area (TPSA) is 52.9 Å². The predicted molar refractivity (Wildman–Crippen MR) is 68.7 cm³/mol. The maximum absolute atomic E-state index is 11.8. The third-order valence-corrected chi connectivity index (χ3v) is 2.65. The smallest absolute Gasteiger partial charge is 0.266 e. The van der Waals surface area contributed by atoms with Crippen LogP contribution < -0.4 is 5.32 Å². The Hall–Kier alpha value is -1.79. The molecule has 0 aromatic heterocycles. The molecule has 4 heteroatoms. The second-order valence-corrected chi connectivity index (χ2v) is 4.02. The van der Waals surface area contributed by atoms with Gasteiger partial charge in [0.25, 0.3) is 5.91 Å². The van der Waals surface area contributed by atoms with Crippen molar-refractivity contribution >= 4 is 23.2 Å². The third kappa shape index (κ3) is 3.61. The van der Waals surface area contributed by atoms with E-state index in [4.69, 9.17) is 16.9 Å². The lowest BCUT2D eigenvalue weighted by Crippen LogP contribution is -2.14. The number of carbonyl (C=O) groups is 1. The van der Waals surface area contributed by atoms with Crippen LogP contribution in [0.4, 0.5) is 5.69 Å². The van der Waals surface area contributed by atoms with Gasteiger partial charge >= 0.3 is 0 Å². The average Bonchev–Trinajstić information content (AvgIpc) is 2.32. The first-order valence-electron chi connectivity index (χ1n) is 5.25. The Bertz CT molecular complexity index is 483. The molecule has 0 unspecified atom stereocenters. The van der Waals surface area contributed by atoms with E-state index in [-0.39, 0.29) is 11.5 Å². The minimum Gasteiger partial charge on any atom is -0.321 e. The number of anilines is 1. The van der Waals surface area contributed by atoms with Crippen molar-refractivity contribution in [2.24, 2.45) is 0 Å². The Labute approximate surface area is 106 Å². The number of halogens is 1. The Kier molecular flexibility index (Phi) is 4.74. The summed E-state index contributed by atoms with van der Waals surface area (Å²) in [5, 5.41) is 12.2. The zero-order valence-corrected chi connectivity index (χ0v) is 10.5. The number of benzene rings is 1. The van der Waals surface area contributed by atoms with E-state index in [1.165, 1.54) is 0 Å². The minimum atomic E-state index is -0.380. The van der Waals surface area contributed by atoms with Gasteiger partial charge in [0, 0.05) is 10.7 Å². The molecule has 0 fully saturated rings. The van der Waals surface area contributed by atoms with E-state index in [2.05, 4.69) is 5.32 Å². The summed E-state index contributed by atoms with van der Waals surface area (Å²) in [5.41, 5.74) is 1.57. The molecule has 3 nitrogen and oxygen atoms in total. The van der Waals surface area contributed by atoms with Gasteiger partial charge < -0.3 is 5.32 Å². The van der Waals surface area contributed by atoms with Crippen molar-refractivity contribution in [1.82, 2.24) is 0 Å². The molecule has 88 valence electrons. The highest BCUT2D eigenvalue weighted by Crippen LogP contribution is 2.15. The third-order valence-electron chi connectivity index (χ3n) is 2.40. The predicted octanol–water partition coefficient (Wildman–Crippen LogP) is 3.53. The summed E-state index contributed by atoms with van der Waals surface area (Å²) in [5.74, 6) is -0.380. The molecule has 0 aliphatic rings. The van der Waals surface area contributed by atoms with Gasteiger partial charge in [-0.2, -0.15) is 5.26 Å². The fourth-order valence-electron chi connectivity index (χ4n) is 1.24. The molecular weight excluding hydrogens is 236 g/mol. The van der Waals surface area contributed by atoms with Crippen molar-refractivity contribution in [3.63, 3.8) is 0 Å². The molecule has 1 aromatic carbocycles. The normalized spacial score (nSPS) is 11.4. The lowest BCUT2D eigenvalue weighted by molar-refractivity contribution is -0.112. The summed E-state index contributed by atoms with van der Waals surface area (Å²) in [4.78, 5) is 11.8. The summed E-state index contributed by atoms with van der Waals surface area (Å²) in [6, 6.07) is 8.67. The summed E-state index contributed by atoms with van der Waals surface area (Å²) in [6.07, 6.45) is 0.678. The van der Waals surface area contributed by atoms with E-state index in [1.807, 2.05) is 13.0 Å². The number of nitrogens with zero attached hydrogens (tertiary/aromatic N) is 1. The average molecular weight is 249 g/mol. The molecule has 0 saturated carbocycles. The number of amides is 1. The number of hydrogen-bond donors (Lipinski definition) is 1. The zero-order chi connectivity index (χ0) is 12.8. The van der Waals surface area contributed by atoms with E-state index in [1.54, 1.807) is 31.2 Å². The van der Waals surface area contributed by atoms with E-state index < -0.39 is 0 Å². The van der Waals surface area contributed by atoms with Gasteiger partial charge in [-0.1, -0.05) is 24.1 Å². The standard InChI is InChI=1S/C13H13ClN2O/c1-3-9(2)12(8-15)13(17)16-11-6-4-10(14)5-7-11/h4-7H,3H2,1-2H3,(H,16,17)/b12-9+. The van der Waals surface area contributed by atoms with Gasteiger partial charge in [0.05, 0.1) is 0 Å². The molecule has 1 aromatic rings. The van der Waals surface area contributed by atoms with Crippen LogP contribution in [0.3, 0.4) is 0 Å². The molecule has 0 heterocycles. The fourth-order valence-corrected chi connectivity index (χ4v) is 1.37. The Morgan fingerprint density at radius 2 is 2.00 bits per heavy atom. The van der Waals surface area contributed by atoms with Gasteiger partial charge in [0.1, 0.15) is 11.6 Å². The van der Waals surface area contributed by atoms with Crippen LogP contribution in [0.1, 0.15) is 20.3 Å². The second kappa shape index (κ2) is 6.07.